The number of hydrogen-bond donors (Lipinski definition) is 0. The molecule has 2 nitrogen and oxygen atoms in total. The normalized spacial score (nSPS) is 17.3. The Morgan fingerprint density at radius 3 is 1.16 bits per heavy atom. The third-order valence-corrected chi connectivity index (χ3v) is 6.38. The molecule has 0 aromatic carbocycles. The van der Waals surface area contributed by atoms with Crippen molar-refractivity contribution in [3.63, 3.8) is 0 Å². The summed E-state index contributed by atoms with van der Waals surface area (Å²) in [6.07, 6.45) is 2.96. The Hall–Kier alpha value is -0.0500. The van der Waals surface area contributed by atoms with Crippen LogP contribution in [0.3, 0.4) is 0 Å². The van der Waals surface area contributed by atoms with Gasteiger partial charge in [-0.25, -0.2) is 8.42 Å². The Labute approximate surface area is 121 Å². The van der Waals surface area contributed by atoms with Gasteiger partial charge < -0.3 is 0 Å². The van der Waals surface area contributed by atoms with Crippen LogP contribution in [0.5, 0.6) is 0 Å². The van der Waals surface area contributed by atoms with Gasteiger partial charge in [-0.15, -0.1) is 0 Å². The fraction of sp³-hybridized carbons (Fsp3) is 1.00. The molecular formula is C16H34O2S. The molecule has 3 heteroatoms. The first-order valence-corrected chi connectivity index (χ1v) is 9.17. The van der Waals surface area contributed by atoms with E-state index in [2.05, 4.69) is 41.5 Å². The second kappa shape index (κ2) is 6.60. The molecule has 2 unspecified atom stereocenters. The Balaban J connectivity index is 5.18. The first kappa shape index (κ1) is 18.9. The Morgan fingerprint density at radius 1 is 0.737 bits per heavy atom. The van der Waals surface area contributed by atoms with Gasteiger partial charge in [-0.1, -0.05) is 55.4 Å². The molecule has 0 aliphatic rings. The minimum atomic E-state index is -3.03. The van der Waals surface area contributed by atoms with Crippen LogP contribution in [0, 0.1) is 10.8 Å². The van der Waals surface area contributed by atoms with Crippen molar-refractivity contribution in [2.75, 3.05) is 0 Å². The second-order valence-corrected chi connectivity index (χ2v) is 10.7. The van der Waals surface area contributed by atoms with Crippen molar-refractivity contribution in [2.45, 2.75) is 91.6 Å². The van der Waals surface area contributed by atoms with E-state index in [9.17, 15) is 8.42 Å². The van der Waals surface area contributed by atoms with E-state index >= 15 is 0 Å². The molecule has 116 valence electrons. The SMILES string of the molecule is CCC(CC(C)(C)C)S(=O)(=O)C(CC)CC(C)(C)C. The molecule has 0 aliphatic carbocycles. The molecule has 0 saturated carbocycles. The topological polar surface area (TPSA) is 34.1 Å². The summed E-state index contributed by atoms with van der Waals surface area (Å²) < 4.78 is 25.7. The van der Waals surface area contributed by atoms with Gasteiger partial charge >= 0.3 is 0 Å². The van der Waals surface area contributed by atoms with E-state index in [1.54, 1.807) is 0 Å². The fourth-order valence-corrected chi connectivity index (χ4v) is 5.56. The predicted octanol–water partition coefficient (Wildman–Crippen LogP) is 4.83. The monoisotopic (exact) mass is 290 g/mol. The largest absolute Gasteiger partial charge is 0.228 e. The zero-order chi connectivity index (χ0) is 15.5. The molecule has 0 radical (unpaired) electrons. The van der Waals surface area contributed by atoms with E-state index in [0.29, 0.717) is 0 Å². The Kier molecular flexibility index (Phi) is 6.58. The van der Waals surface area contributed by atoms with Crippen LogP contribution < -0.4 is 0 Å². The standard InChI is InChI=1S/C16H34O2S/c1-9-13(11-15(3,4)5)19(17,18)14(10-2)12-16(6,7)8/h13-14H,9-12H2,1-8H3. The molecule has 0 amide bonds. The van der Waals surface area contributed by atoms with Crippen molar-refractivity contribution in [3.05, 3.63) is 0 Å². The van der Waals surface area contributed by atoms with E-state index < -0.39 is 9.84 Å². The Morgan fingerprint density at radius 2 is 1.00 bits per heavy atom. The van der Waals surface area contributed by atoms with E-state index in [1.165, 1.54) is 0 Å². The van der Waals surface area contributed by atoms with Crippen LogP contribution in [0.25, 0.3) is 0 Å². The van der Waals surface area contributed by atoms with E-state index in [1.807, 2.05) is 13.8 Å². The minimum Gasteiger partial charge on any atom is -0.228 e. The summed E-state index contributed by atoms with van der Waals surface area (Å²) in [6, 6.07) is 0. The summed E-state index contributed by atoms with van der Waals surface area (Å²) in [5, 5.41) is -0.389. The van der Waals surface area contributed by atoms with Gasteiger partial charge in [0.15, 0.2) is 9.84 Å². The van der Waals surface area contributed by atoms with Crippen molar-refractivity contribution in [3.8, 4) is 0 Å². The smallest absolute Gasteiger partial charge is 0.156 e. The molecule has 0 spiro atoms. The molecule has 0 rings (SSSR count). The lowest BCUT2D eigenvalue weighted by molar-refractivity contribution is 0.346. The summed E-state index contributed by atoms with van der Waals surface area (Å²) in [5.74, 6) is 0. The van der Waals surface area contributed by atoms with Crippen molar-refractivity contribution in [1.82, 2.24) is 0 Å². The molecule has 0 saturated heterocycles. The lowest BCUT2D eigenvalue weighted by atomic mass is 9.89. The molecule has 0 aliphatic heterocycles. The van der Waals surface area contributed by atoms with Crippen LogP contribution in [0.2, 0.25) is 0 Å². The zero-order valence-corrected chi connectivity index (χ0v) is 15.0. The molecule has 0 fully saturated rings. The molecule has 0 bridgehead atoms. The highest BCUT2D eigenvalue weighted by molar-refractivity contribution is 7.92. The first-order chi connectivity index (χ1) is 8.33. The van der Waals surface area contributed by atoms with Crippen LogP contribution >= 0.6 is 0 Å². The molecule has 0 heterocycles. The van der Waals surface area contributed by atoms with Gasteiger partial charge in [-0.2, -0.15) is 0 Å². The van der Waals surface area contributed by atoms with Crippen LogP contribution in [-0.4, -0.2) is 18.9 Å². The van der Waals surface area contributed by atoms with E-state index in [0.717, 1.165) is 25.7 Å². The molecule has 0 aromatic rings. The van der Waals surface area contributed by atoms with Crippen LogP contribution in [0.1, 0.15) is 81.1 Å². The highest BCUT2D eigenvalue weighted by Gasteiger charge is 2.36. The lowest BCUT2D eigenvalue weighted by Gasteiger charge is -2.31. The number of rotatable bonds is 6. The van der Waals surface area contributed by atoms with Gasteiger partial charge in [-0.05, 0) is 36.5 Å². The maximum atomic E-state index is 12.8. The average Bonchev–Trinajstić information content (AvgIpc) is 2.19. The van der Waals surface area contributed by atoms with Gasteiger partial charge in [0.2, 0.25) is 0 Å². The average molecular weight is 291 g/mol. The van der Waals surface area contributed by atoms with Crippen LogP contribution in [-0.2, 0) is 9.84 Å². The highest BCUT2D eigenvalue weighted by atomic mass is 32.2. The lowest BCUT2D eigenvalue weighted by Crippen LogP contribution is -2.36. The van der Waals surface area contributed by atoms with Crippen LogP contribution in [0.4, 0.5) is 0 Å². The minimum absolute atomic E-state index is 0.0633. The quantitative estimate of drug-likeness (QED) is 0.702. The van der Waals surface area contributed by atoms with Crippen molar-refractivity contribution in [1.29, 1.82) is 0 Å². The molecular weight excluding hydrogens is 256 g/mol. The van der Waals surface area contributed by atoms with Gasteiger partial charge in [0.05, 0.1) is 10.5 Å². The maximum Gasteiger partial charge on any atom is 0.156 e. The summed E-state index contributed by atoms with van der Waals surface area (Å²) in [7, 11) is -3.03. The van der Waals surface area contributed by atoms with Crippen molar-refractivity contribution >= 4 is 9.84 Å². The number of hydrogen-bond acceptors (Lipinski definition) is 2. The summed E-state index contributed by atoms with van der Waals surface area (Å²) in [6.45, 7) is 16.7. The summed E-state index contributed by atoms with van der Waals surface area (Å²) >= 11 is 0. The van der Waals surface area contributed by atoms with Gasteiger partial charge in [-0.3, -0.25) is 0 Å². The third kappa shape index (κ3) is 6.78. The highest BCUT2D eigenvalue weighted by Crippen LogP contribution is 2.33. The van der Waals surface area contributed by atoms with Crippen molar-refractivity contribution < 1.29 is 8.42 Å². The van der Waals surface area contributed by atoms with Gasteiger partial charge in [0.1, 0.15) is 0 Å². The molecule has 2 atom stereocenters. The molecule has 0 N–H and O–H groups in total. The number of sulfone groups is 1. The molecule has 0 aromatic heterocycles. The zero-order valence-electron chi connectivity index (χ0n) is 14.2. The van der Waals surface area contributed by atoms with E-state index in [4.69, 9.17) is 0 Å². The second-order valence-electron chi connectivity index (χ2n) is 8.18. The van der Waals surface area contributed by atoms with Gasteiger partial charge in [0.25, 0.3) is 0 Å². The van der Waals surface area contributed by atoms with E-state index in [-0.39, 0.29) is 21.3 Å². The Bertz CT molecular complexity index is 325. The molecule has 19 heavy (non-hydrogen) atoms. The predicted molar refractivity (Wildman–Crippen MR) is 85.2 cm³/mol. The first-order valence-electron chi connectivity index (χ1n) is 7.56. The van der Waals surface area contributed by atoms with Crippen LogP contribution in [0.15, 0.2) is 0 Å². The van der Waals surface area contributed by atoms with Crippen molar-refractivity contribution in [2.24, 2.45) is 10.8 Å². The third-order valence-electron chi connectivity index (χ3n) is 3.52. The maximum absolute atomic E-state index is 12.8. The summed E-state index contributed by atoms with van der Waals surface area (Å²) in [5.41, 5.74) is 0.127. The van der Waals surface area contributed by atoms with Gasteiger partial charge in [0, 0.05) is 0 Å². The summed E-state index contributed by atoms with van der Waals surface area (Å²) in [4.78, 5) is 0. The fourth-order valence-electron chi connectivity index (χ4n) is 2.62.